The number of ether oxygens (including phenoxy) is 1. The Labute approximate surface area is 140 Å². The Bertz CT molecular complexity index is 597. The average Bonchev–Trinajstić information content (AvgIpc) is 2.33. The Morgan fingerprint density at radius 2 is 1.90 bits per heavy atom. The summed E-state index contributed by atoms with van der Waals surface area (Å²) < 4.78 is 32.4. The lowest BCUT2D eigenvalue weighted by Gasteiger charge is -2.11. The van der Waals surface area contributed by atoms with E-state index in [4.69, 9.17) is 10.5 Å². The van der Waals surface area contributed by atoms with Crippen molar-refractivity contribution in [1.82, 2.24) is 4.72 Å². The Morgan fingerprint density at radius 3 is 2.43 bits per heavy atom. The molecule has 0 bridgehead atoms. The van der Waals surface area contributed by atoms with Crippen LogP contribution in [0.25, 0.3) is 0 Å². The standard InChI is InChI=1S/C12H16Br2N2O4S/c1-2-20-11(17)4-3-5-16-21(18,19)12-9(13)6-8(15)7-10(12)14/h6-7,16H,2-5,15H2,1H3. The monoisotopic (exact) mass is 442 g/mol. The van der Waals surface area contributed by atoms with Crippen molar-refractivity contribution in [2.75, 3.05) is 18.9 Å². The van der Waals surface area contributed by atoms with Crippen molar-refractivity contribution in [3.05, 3.63) is 21.1 Å². The van der Waals surface area contributed by atoms with Gasteiger partial charge in [0.2, 0.25) is 10.0 Å². The molecule has 0 saturated carbocycles. The molecule has 0 spiro atoms. The molecule has 0 aliphatic heterocycles. The Hall–Kier alpha value is -0.640. The van der Waals surface area contributed by atoms with Gasteiger partial charge < -0.3 is 10.5 Å². The minimum absolute atomic E-state index is 0.0767. The summed E-state index contributed by atoms with van der Waals surface area (Å²) >= 11 is 6.37. The molecule has 0 aliphatic carbocycles. The molecule has 0 saturated heterocycles. The molecular weight excluding hydrogens is 428 g/mol. The van der Waals surface area contributed by atoms with Gasteiger partial charge >= 0.3 is 5.97 Å². The molecule has 1 aromatic rings. The van der Waals surface area contributed by atoms with E-state index in [1.807, 2.05) is 0 Å². The first kappa shape index (κ1) is 18.4. The Balaban J connectivity index is 2.69. The van der Waals surface area contributed by atoms with Crippen molar-refractivity contribution in [3.63, 3.8) is 0 Å². The summed E-state index contributed by atoms with van der Waals surface area (Å²) in [6.07, 6.45) is 0.530. The van der Waals surface area contributed by atoms with Gasteiger partial charge in [0.05, 0.1) is 6.61 Å². The predicted molar refractivity (Wildman–Crippen MR) is 87.3 cm³/mol. The molecule has 0 heterocycles. The molecule has 3 N–H and O–H groups in total. The second-order valence-electron chi connectivity index (χ2n) is 4.12. The lowest BCUT2D eigenvalue weighted by Crippen LogP contribution is -2.26. The van der Waals surface area contributed by atoms with Crippen molar-refractivity contribution in [2.45, 2.75) is 24.7 Å². The summed E-state index contributed by atoms with van der Waals surface area (Å²) in [6.45, 7) is 2.18. The SMILES string of the molecule is CCOC(=O)CCCNS(=O)(=O)c1c(Br)cc(N)cc1Br. The molecule has 0 amide bonds. The highest BCUT2D eigenvalue weighted by atomic mass is 79.9. The fourth-order valence-corrected chi connectivity index (χ4v) is 5.27. The van der Waals surface area contributed by atoms with Gasteiger partial charge in [0.15, 0.2) is 0 Å². The molecule has 1 rings (SSSR count). The van der Waals surface area contributed by atoms with Gasteiger partial charge in [-0.25, -0.2) is 13.1 Å². The number of rotatable bonds is 7. The molecule has 1 aromatic carbocycles. The molecular formula is C12H16Br2N2O4S. The first-order valence-electron chi connectivity index (χ1n) is 6.17. The average molecular weight is 444 g/mol. The first-order valence-corrected chi connectivity index (χ1v) is 9.24. The highest BCUT2D eigenvalue weighted by Crippen LogP contribution is 2.32. The van der Waals surface area contributed by atoms with E-state index < -0.39 is 10.0 Å². The number of carbonyl (C=O) groups excluding carboxylic acids is 1. The summed E-state index contributed by atoms with van der Waals surface area (Å²) in [4.78, 5) is 11.2. The van der Waals surface area contributed by atoms with E-state index in [-0.39, 0.29) is 23.8 Å². The topological polar surface area (TPSA) is 98.5 Å². The van der Waals surface area contributed by atoms with Crippen LogP contribution in [0.5, 0.6) is 0 Å². The number of hydrogen-bond donors (Lipinski definition) is 2. The van der Waals surface area contributed by atoms with Crippen LogP contribution in [-0.2, 0) is 19.6 Å². The van der Waals surface area contributed by atoms with Crippen LogP contribution in [0.15, 0.2) is 26.0 Å². The maximum atomic E-state index is 12.2. The van der Waals surface area contributed by atoms with Crippen LogP contribution in [0.1, 0.15) is 19.8 Å². The Morgan fingerprint density at radius 1 is 1.33 bits per heavy atom. The number of benzene rings is 1. The van der Waals surface area contributed by atoms with Gasteiger partial charge in [-0.05, 0) is 57.3 Å². The van der Waals surface area contributed by atoms with Crippen LogP contribution >= 0.6 is 31.9 Å². The summed E-state index contributed by atoms with van der Waals surface area (Å²) in [5.41, 5.74) is 6.07. The van der Waals surface area contributed by atoms with Gasteiger partial charge in [-0.1, -0.05) is 0 Å². The van der Waals surface area contributed by atoms with Crippen LogP contribution in [-0.4, -0.2) is 27.5 Å². The van der Waals surface area contributed by atoms with Gasteiger partial charge in [-0.15, -0.1) is 0 Å². The fraction of sp³-hybridized carbons (Fsp3) is 0.417. The summed E-state index contributed by atoms with van der Waals surface area (Å²) in [7, 11) is -3.70. The number of halogens is 2. The number of nitrogens with one attached hydrogen (secondary N) is 1. The van der Waals surface area contributed by atoms with Crippen LogP contribution < -0.4 is 10.5 Å². The molecule has 0 aliphatic rings. The van der Waals surface area contributed by atoms with Crippen LogP contribution in [0.4, 0.5) is 5.69 Å². The molecule has 0 radical (unpaired) electrons. The number of sulfonamides is 1. The molecule has 118 valence electrons. The first-order chi connectivity index (χ1) is 9.77. The normalized spacial score (nSPS) is 11.4. The number of esters is 1. The van der Waals surface area contributed by atoms with Crippen LogP contribution in [0.3, 0.4) is 0 Å². The zero-order valence-corrected chi connectivity index (χ0v) is 15.3. The second-order valence-corrected chi connectivity index (χ2v) is 7.53. The molecule has 0 aromatic heterocycles. The van der Waals surface area contributed by atoms with E-state index in [1.165, 1.54) is 12.1 Å². The number of carbonyl (C=O) groups is 1. The van der Waals surface area contributed by atoms with Crippen molar-refractivity contribution < 1.29 is 17.9 Å². The van der Waals surface area contributed by atoms with Crippen molar-refractivity contribution >= 4 is 53.5 Å². The van der Waals surface area contributed by atoms with Crippen molar-refractivity contribution in [2.24, 2.45) is 0 Å². The van der Waals surface area contributed by atoms with Gasteiger partial charge in [-0.3, -0.25) is 4.79 Å². The summed E-state index contributed by atoms with van der Waals surface area (Å²) in [5.74, 6) is -0.341. The van der Waals surface area contributed by atoms with Gasteiger partial charge in [0, 0.05) is 27.6 Å². The third-order valence-corrected chi connectivity index (χ3v) is 5.78. The number of hydrogen-bond acceptors (Lipinski definition) is 5. The number of anilines is 1. The van der Waals surface area contributed by atoms with Gasteiger partial charge in [-0.2, -0.15) is 0 Å². The third kappa shape index (κ3) is 5.57. The quantitative estimate of drug-likeness (QED) is 0.383. The fourth-order valence-electron chi connectivity index (χ4n) is 1.58. The zero-order chi connectivity index (χ0) is 16.0. The van der Waals surface area contributed by atoms with E-state index in [1.54, 1.807) is 6.92 Å². The molecule has 0 fully saturated rings. The van der Waals surface area contributed by atoms with E-state index in [0.717, 1.165) is 0 Å². The van der Waals surface area contributed by atoms with Gasteiger partial charge in [0.1, 0.15) is 4.90 Å². The lowest BCUT2D eigenvalue weighted by molar-refractivity contribution is -0.143. The second kappa shape index (κ2) is 8.11. The maximum absolute atomic E-state index is 12.2. The largest absolute Gasteiger partial charge is 0.466 e. The number of nitrogen functional groups attached to an aromatic ring is 1. The molecule has 0 atom stereocenters. The molecule has 21 heavy (non-hydrogen) atoms. The number of nitrogens with two attached hydrogens (primary N) is 1. The highest BCUT2D eigenvalue weighted by molar-refractivity contribution is 9.11. The third-order valence-electron chi connectivity index (χ3n) is 2.44. The van der Waals surface area contributed by atoms with Crippen LogP contribution in [0.2, 0.25) is 0 Å². The molecule has 6 nitrogen and oxygen atoms in total. The predicted octanol–water partition coefficient (Wildman–Crippen LogP) is 2.42. The highest BCUT2D eigenvalue weighted by Gasteiger charge is 2.21. The summed E-state index contributed by atoms with van der Waals surface area (Å²) in [6, 6.07) is 3.02. The lowest BCUT2D eigenvalue weighted by atomic mass is 10.3. The van der Waals surface area contributed by atoms with Crippen molar-refractivity contribution in [1.29, 1.82) is 0 Å². The van der Waals surface area contributed by atoms with E-state index in [0.29, 0.717) is 27.7 Å². The summed E-state index contributed by atoms with van der Waals surface area (Å²) in [5, 5.41) is 0. The van der Waals surface area contributed by atoms with Gasteiger partial charge in [0.25, 0.3) is 0 Å². The van der Waals surface area contributed by atoms with E-state index >= 15 is 0 Å². The smallest absolute Gasteiger partial charge is 0.305 e. The van der Waals surface area contributed by atoms with E-state index in [9.17, 15) is 13.2 Å². The zero-order valence-electron chi connectivity index (χ0n) is 11.4. The van der Waals surface area contributed by atoms with E-state index in [2.05, 4.69) is 36.6 Å². The Kier molecular flexibility index (Phi) is 7.11. The van der Waals surface area contributed by atoms with Crippen LogP contribution in [0, 0.1) is 0 Å². The molecule has 0 unspecified atom stereocenters. The molecule has 9 heteroatoms. The minimum Gasteiger partial charge on any atom is -0.466 e. The minimum atomic E-state index is -3.70. The maximum Gasteiger partial charge on any atom is 0.305 e. The van der Waals surface area contributed by atoms with Crippen molar-refractivity contribution in [3.8, 4) is 0 Å².